The van der Waals surface area contributed by atoms with Gasteiger partial charge in [-0.2, -0.15) is 0 Å². The first kappa shape index (κ1) is 4.85. The van der Waals surface area contributed by atoms with Gasteiger partial charge in [0.2, 0.25) is 0 Å². The molecular weight excluding hydrogens is 86.1 g/mol. The van der Waals surface area contributed by atoms with Gasteiger partial charge in [-0.1, -0.05) is 12.2 Å². The maximum absolute atomic E-state index is 4.24. The quantitative estimate of drug-likeness (QED) is 0.398. The van der Waals surface area contributed by atoms with E-state index in [0.29, 0.717) is 6.04 Å². The number of nitrogens with zero attached hydrogens (tertiary/aromatic N) is 1. The molecule has 0 aromatic carbocycles. The van der Waals surface area contributed by atoms with Crippen LogP contribution in [0.15, 0.2) is 12.2 Å². The SMILES string of the molecule is CC1C=CCC[N]1. The number of rotatable bonds is 0. The molecule has 1 heterocycles. The van der Waals surface area contributed by atoms with Crippen molar-refractivity contribution in [1.82, 2.24) is 5.32 Å². The Morgan fingerprint density at radius 3 is 2.86 bits per heavy atom. The fraction of sp³-hybridized carbons (Fsp3) is 0.667. The molecule has 0 amide bonds. The van der Waals surface area contributed by atoms with Crippen LogP contribution in [0, 0.1) is 0 Å². The fourth-order valence-corrected chi connectivity index (χ4v) is 0.707. The van der Waals surface area contributed by atoms with Crippen LogP contribution < -0.4 is 5.32 Å². The summed E-state index contributed by atoms with van der Waals surface area (Å²) >= 11 is 0. The number of hydrogen-bond acceptors (Lipinski definition) is 0. The molecule has 1 radical (unpaired) electrons. The fourth-order valence-electron chi connectivity index (χ4n) is 0.707. The van der Waals surface area contributed by atoms with Crippen molar-refractivity contribution in [2.45, 2.75) is 19.4 Å². The molecular formula is C6H10N. The molecule has 1 atom stereocenters. The first-order valence-corrected chi connectivity index (χ1v) is 2.73. The molecule has 1 heteroatoms. The molecule has 1 unspecified atom stereocenters. The maximum Gasteiger partial charge on any atom is 0.0397 e. The molecule has 0 fully saturated rings. The van der Waals surface area contributed by atoms with E-state index in [9.17, 15) is 0 Å². The average Bonchev–Trinajstić information content (AvgIpc) is 1.69. The Balaban J connectivity index is 2.36. The third-order valence-corrected chi connectivity index (χ3v) is 1.13. The van der Waals surface area contributed by atoms with Crippen LogP contribution in [-0.4, -0.2) is 12.6 Å². The Hall–Kier alpha value is -0.300. The molecule has 1 rings (SSSR count). The average molecular weight is 96.2 g/mol. The normalized spacial score (nSPS) is 30.7. The summed E-state index contributed by atoms with van der Waals surface area (Å²) in [6.07, 6.45) is 5.48. The zero-order chi connectivity index (χ0) is 5.11. The van der Waals surface area contributed by atoms with Gasteiger partial charge in [-0.3, -0.25) is 0 Å². The lowest BCUT2D eigenvalue weighted by molar-refractivity contribution is 0.599. The van der Waals surface area contributed by atoms with E-state index in [2.05, 4.69) is 24.4 Å². The number of hydrogen-bond donors (Lipinski definition) is 0. The standard InChI is InChI=1S/C6H10N/c1-6-4-2-3-5-7-6/h2,4,6H,3,5H2,1H3. The highest BCUT2D eigenvalue weighted by atomic mass is 14.9. The van der Waals surface area contributed by atoms with Gasteiger partial charge in [0.25, 0.3) is 0 Å². The molecule has 0 aromatic rings. The highest BCUT2D eigenvalue weighted by molar-refractivity contribution is 4.94. The Morgan fingerprint density at radius 2 is 2.57 bits per heavy atom. The van der Waals surface area contributed by atoms with E-state index in [-0.39, 0.29) is 0 Å². The second-order valence-corrected chi connectivity index (χ2v) is 1.86. The monoisotopic (exact) mass is 96.1 g/mol. The predicted octanol–water partition coefficient (Wildman–Crippen LogP) is 0.939. The minimum absolute atomic E-state index is 0.480. The van der Waals surface area contributed by atoms with Crippen molar-refractivity contribution >= 4 is 0 Å². The molecule has 0 spiro atoms. The van der Waals surface area contributed by atoms with Crippen molar-refractivity contribution in [3.8, 4) is 0 Å². The molecule has 0 N–H and O–H groups in total. The minimum Gasteiger partial charge on any atom is -0.234 e. The van der Waals surface area contributed by atoms with Gasteiger partial charge in [0, 0.05) is 12.6 Å². The van der Waals surface area contributed by atoms with Crippen LogP contribution >= 0.6 is 0 Å². The first-order chi connectivity index (χ1) is 3.39. The Morgan fingerprint density at radius 1 is 1.71 bits per heavy atom. The highest BCUT2D eigenvalue weighted by Gasteiger charge is 1.98. The maximum atomic E-state index is 4.24. The van der Waals surface area contributed by atoms with Crippen molar-refractivity contribution in [2.75, 3.05) is 6.54 Å². The smallest absolute Gasteiger partial charge is 0.0397 e. The topological polar surface area (TPSA) is 14.1 Å². The second kappa shape index (κ2) is 2.12. The first-order valence-electron chi connectivity index (χ1n) is 2.73. The summed E-state index contributed by atoms with van der Waals surface area (Å²) in [5.74, 6) is 0. The van der Waals surface area contributed by atoms with Gasteiger partial charge in [-0.15, -0.1) is 0 Å². The van der Waals surface area contributed by atoms with E-state index in [1.165, 1.54) is 0 Å². The summed E-state index contributed by atoms with van der Waals surface area (Å²) in [6.45, 7) is 3.13. The van der Waals surface area contributed by atoms with E-state index < -0.39 is 0 Å². The van der Waals surface area contributed by atoms with Crippen LogP contribution in [0.25, 0.3) is 0 Å². The van der Waals surface area contributed by atoms with Crippen LogP contribution in [0.4, 0.5) is 0 Å². The van der Waals surface area contributed by atoms with Gasteiger partial charge in [-0.05, 0) is 13.3 Å². The summed E-state index contributed by atoms with van der Waals surface area (Å²) in [4.78, 5) is 0. The highest BCUT2D eigenvalue weighted by Crippen LogP contribution is 1.95. The van der Waals surface area contributed by atoms with Gasteiger partial charge in [0.05, 0.1) is 0 Å². The van der Waals surface area contributed by atoms with E-state index in [1.54, 1.807) is 0 Å². The largest absolute Gasteiger partial charge is 0.234 e. The predicted molar refractivity (Wildman–Crippen MR) is 30.2 cm³/mol. The lowest BCUT2D eigenvalue weighted by atomic mass is 10.2. The molecule has 0 aromatic heterocycles. The Labute approximate surface area is 44.4 Å². The van der Waals surface area contributed by atoms with Crippen molar-refractivity contribution < 1.29 is 0 Å². The molecule has 0 saturated heterocycles. The molecule has 0 aliphatic carbocycles. The second-order valence-electron chi connectivity index (χ2n) is 1.86. The third-order valence-electron chi connectivity index (χ3n) is 1.13. The van der Waals surface area contributed by atoms with E-state index in [1.807, 2.05) is 0 Å². The molecule has 1 aliphatic heterocycles. The molecule has 0 saturated carbocycles. The van der Waals surface area contributed by atoms with E-state index >= 15 is 0 Å². The summed E-state index contributed by atoms with van der Waals surface area (Å²) < 4.78 is 0. The van der Waals surface area contributed by atoms with E-state index in [4.69, 9.17) is 0 Å². The van der Waals surface area contributed by atoms with Crippen molar-refractivity contribution in [1.29, 1.82) is 0 Å². The van der Waals surface area contributed by atoms with E-state index in [0.717, 1.165) is 13.0 Å². The van der Waals surface area contributed by atoms with Crippen LogP contribution in [0.2, 0.25) is 0 Å². The van der Waals surface area contributed by atoms with Crippen LogP contribution in [0.1, 0.15) is 13.3 Å². The van der Waals surface area contributed by atoms with Gasteiger partial charge in [-0.25, -0.2) is 5.32 Å². The zero-order valence-electron chi connectivity index (χ0n) is 4.59. The lowest BCUT2D eigenvalue weighted by Gasteiger charge is -2.09. The molecule has 1 nitrogen and oxygen atoms in total. The molecule has 39 valence electrons. The van der Waals surface area contributed by atoms with Crippen LogP contribution in [0.5, 0.6) is 0 Å². The van der Waals surface area contributed by atoms with Gasteiger partial charge in [0.15, 0.2) is 0 Å². The third kappa shape index (κ3) is 1.32. The van der Waals surface area contributed by atoms with Crippen molar-refractivity contribution in [3.05, 3.63) is 12.2 Å². The Kier molecular flexibility index (Phi) is 1.47. The summed E-state index contributed by atoms with van der Waals surface area (Å²) in [7, 11) is 0. The van der Waals surface area contributed by atoms with Gasteiger partial charge >= 0.3 is 0 Å². The van der Waals surface area contributed by atoms with Gasteiger partial charge < -0.3 is 0 Å². The lowest BCUT2D eigenvalue weighted by Crippen LogP contribution is -2.19. The summed E-state index contributed by atoms with van der Waals surface area (Å²) in [5.41, 5.74) is 0. The van der Waals surface area contributed by atoms with Crippen LogP contribution in [-0.2, 0) is 0 Å². The zero-order valence-corrected chi connectivity index (χ0v) is 4.59. The van der Waals surface area contributed by atoms with Crippen molar-refractivity contribution in [2.24, 2.45) is 0 Å². The summed E-state index contributed by atoms with van der Waals surface area (Å²) in [5, 5.41) is 4.24. The molecule has 0 bridgehead atoms. The van der Waals surface area contributed by atoms with Gasteiger partial charge in [0.1, 0.15) is 0 Å². The Bertz CT molecular complexity index is 76.2. The molecule has 7 heavy (non-hydrogen) atoms. The van der Waals surface area contributed by atoms with Crippen LogP contribution in [0.3, 0.4) is 0 Å². The minimum atomic E-state index is 0.480. The summed E-state index contributed by atoms with van der Waals surface area (Å²) in [6, 6.07) is 0.480. The van der Waals surface area contributed by atoms with Crippen molar-refractivity contribution in [3.63, 3.8) is 0 Å². The molecule has 1 aliphatic rings.